The van der Waals surface area contributed by atoms with Crippen molar-refractivity contribution in [3.05, 3.63) is 30.3 Å². The van der Waals surface area contributed by atoms with Crippen LogP contribution in [-0.2, 0) is 9.84 Å². The molecule has 100 valence electrons. The summed E-state index contributed by atoms with van der Waals surface area (Å²) in [5, 5.41) is -0.683. The molecule has 1 saturated carbocycles. The molecule has 0 bridgehead atoms. The van der Waals surface area contributed by atoms with E-state index in [1.54, 1.807) is 24.3 Å². The van der Waals surface area contributed by atoms with Crippen LogP contribution in [0.5, 0.6) is 0 Å². The SMILES string of the molecule is O=S(=O)(c1ccccc1)[C@@H]1CCCCCC[C@H]1Cl. The van der Waals surface area contributed by atoms with Crippen LogP contribution in [0, 0.1) is 0 Å². The first-order chi connectivity index (χ1) is 8.62. The number of sulfone groups is 1. The van der Waals surface area contributed by atoms with Gasteiger partial charge >= 0.3 is 0 Å². The van der Waals surface area contributed by atoms with Crippen molar-refractivity contribution in [3.8, 4) is 0 Å². The molecule has 1 aromatic carbocycles. The molecule has 1 aliphatic rings. The number of alkyl halides is 1. The van der Waals surface area contributed by atoms with Crippen LogP contribution in [0.15, 0.2) is 35.2 Å². The largest absolute Gasteiger partial charge is 0.223 e. The van der Waals surface area contributed by atoms with Gasteiger partial charge in [0.1, 0.15) is 0 Å². The molecule has 0 N–H and O–H groups in total. The van der Waals surface area contributed by atoms with E-state index < -0.39 is 15.1 Å². The quantitative estimate of drug-likeness (QED) is 0.775. The van der Waals surface area contributed by atoms with Crippen LogP contribution in [0.3, 0.4) is 0 Å². The molecule has 4 heteroatoms. The van der Waals surface area contributed by atoms with Crippen molar-refractivity contribution in [2.75, 3.05) is 0 Å². The van der Waals surface area contributed by atoms with E-state index in [1.807, 2.05) is 6.07 Å². The van der Waals surface area contributed by atoms with E-state index in [2.05, 4.69) is 0 Å². The summed E-state index contributed by atoms with van der Waals surface area (Å²) in [6, 6.07) is 8.68. The van der Waals surface area contributed by atoms with Gasteiger partial charge in [-0.25, -0.2) is 8.42 Å². The van der Waals surface area contributed by atoms with Gasteiger partial charge in [0, 0.05) is 0 Å². The van der Waals surface area contributed by atoms with E-state index in [-0.39, 0.29) is 5.38 Å². The standard InChI is InChI=1S/C14H19ClO2S/c15-13-10-6-1-2-7-11-14(13)18(16,17)12-8-4-3-5-9-12/h3-5,8-9,13-14H,1-2,6-7,10-11H2/t13-,14-/m1/s1. The minimum atomic E-state index is -3.28. The maximum Gasteiger partial charge on any atom is 0.182 e. The number of hydrogen-bond donors (Lipinski definition) is 0. The zero-order valence-electron chi connectivity index (χ0n) is 10.4. The van der Waals surface area contributed by atoms with Gasteiger partial charge in [-0.05, 0) is 25.0 Å². The Balaban J connectivity index is 2.27. The molecular weight excluding hydrogens is 268 g/mol. The van der Waals surface area contributed by atoms with Crippen molar-refractivity contribution < 1.29 is 8.42 Å². The molecule has 0 amide bonds. The fraction of sp³-hybridized carbons (Fsp3) is 0.571. The topological polar surface area (TPSA) is 34.1 Å². The number of rotatable bonds is 2. The average Bonchev–Trinajstić information content (AvgIpc) is 2.35. The van der Waals surface area contributed by atoms with Gasteiger partial charge in [-0.15, -0.1) is 11.6 Å². The van der Waals surface area contributed by atoms with Crippen molar-refractivity contribution in [3.63, 3.8) is 0 Å². The predicted molar refractivity (Wildman–Crippen MR) is 74.8 cm³/mol. The summed E-state index contributed by atoms with van der Waals surface area (Å²) in [5.41, 5.74) is 0. The van der Waals surface area contributed by atoms with Crippen molar-refractivity contribution in [1.82, 2.24) is 0 Å². The Bertz CT molecular complexity index is 470. The van der Waals surface area contributed by atoms with Crippen LogP contribution < -0.4 is 0 Å². The second-order valence-electron chi connectivity index (χ2n) is 4.90. The molecular formula is C14H19ClO2S. The third kappa shape index (κ3) is 3.07. The van der Waals surface area contributed by atoms with Gasteiger partial charge in [0.25, 0.3) is 0 Å². The molecule has 0 aliphatic heterocycles. The molecule has 1 fully saturated rings. The fourth-order valence-electron chi connectivity index (χ4n) is 2.54. The van der Waals surface area contributed by atoms with Gasteiger partial charge in [-0.2, -0.15) is 0 Å². The molecule has 2 nitrogen and oxygen atoms in total. The maximum atomic E-state index is 12.6. The zero-order valence-corrected chi connectivity index (χ0v) is 12.0. The van der Waals surface area contributed by atoms with Gasteiger partial charge in [0.05, 0.1) is 15.5 Å². The first kappa shape index (κ1) is 13.9. The van der Waals surface area contributed by atoms with E-state index in [0.717, 1.165) is 25.7 Å². The molecule has 0 spiro atoms. The predicted octanol–water partition coefficient (Wildman–Crippen LogP) is 3.79. The Hall–Kier alpha value is -0.540. The van der Waals surface area contributed by atoms with Gasteiger partial charge < -0.3 is 0 Å². The van der Waals surface area contributed by atoms with Crippen molar-refractivity contribution in [2.45, 2.75) is 54.0 Å². The highest BCUT2D eigenvalue weighted by Crippen LogP contribution is 2.30. The molecule has 0 radical (unpaired) electrons. The van der Waals surface area contributed by atoms with Crippen molar-refractivity contribution in [2.24, 2.45) is 0 Å². The number of halogens is 1. The van der Waals surface area contributed by atoms with Crippen molar-refractivity contribution >= 4 is 21.4 Å². The van der Waals surface area contributed by atoms with E-state index in [9.17, 15) is 8.42 Å². The van der Waals surface area contributed by atoms with E-state index in [0.29, 0.717) is 11.3 Å². The summed E-state index contributed by atoms with van der Waals surface area (Å²) < 4.78 is 25.2. The van der Waals surface area contributed by atoms with Crippen LogP contribution in [0.1, 0.15) is 38.5 Å². The lowest BCUT2D eigenvalue weighted by atomic mass is 10.0. The van der Waals surface area contributed by atoms with Crippen LogP contribution >= 0.6 is 11.6 Å². The smallest absolute Gasteiger partial charge is 0.182 e. The molecule has 0 unspecified atom stereocenters. The van der Waals surface area contributed by atoms with Gasteiger partial charge in [0.2, 0.25) is 0 Å². The number of benzene rings is 1. The number of hydrogen-bond acceptors (Lipinski definition) is 2. The fourth-order valence-corrected chi connectivity index (χ4v) is 5.11. The third-order valence-electron chi connectivity index (χ3n) is 3.59. The normalized spacial score (nSPS) is 26.3. The van der Waals surface area contributed by atoms with Crippen LogP contribution in [0.4, 0.5) is 0 Å². The Morgan fingerprint density at radius 3 is 2.22 bits per heavy atom. The minimum Gasteiger partial charge on any atom is -0.223 e. The molecule has 0 heterocycles. The Kier molecular flexibility index (Phi) is 4.68. The second kappa shape index (κ2) is 6.07. The van der Waals surface area contributed by atoms with Gasteiger partial charge in [0.15, 0.2) is 9.84 Å². The zero-order chi connectivity index (χ0) is 13.0. The monoisotopic (exact) mass is 286 g/mol. The highest BCUT2D eigenvalue weighted by molar-refractivity contribution is 7.92. The molecule has 18 heavy (non-hydrogen) atoms. The summed E-state index contributed by atoms with van der Waals surface area (Å²) >= 11 is 6.31. The Labute approximate surface area is 114 Å². The molecule has 1 aliphatic carbocycles. The van der Waals surface area contributed by atoms with E-state index >= 15 is 0 Å². The first-order valence-corrected chi connectivity index (χ1v) is 8.53. The van der Waals surface area contributed by atoms with Gasteiger partial charge in [-0.1, -0.05) is 43.9 Å². The summed E-state index contributed by atoms with van der Waals surface area (Å²) in [6.45, 7) is 0. The summed E-state index contributed by atoms with van der Waals surface area (Å²) in [4.78, 5) is 0.404. The van der Waals surface area contributed by atoms with Crippen LogP contribution in [0.2, 0.25) is 0 Å². The molecule has 2 rings (SSSR count). The minimum absolute atomic E-state index is 0.254. The van der Waals surface area contributed by atoms with Crippen LogP contribution in [0.25, 0.3) is 0 Å². The van der Waals surface area contributed by atoms with Crippen molar-refractivity contribution in [1.29, 1.82) is 0 Å². The Morgan fingerprint density at radius 2 is 1.56 bits per heavy atom. The lowest BCUT2D eigenvalue weighted by molar-refractivity contribution is 0.492. The highest BCUT2D eigenvalue weighted by Gasteiger charge is 2.33. The summed E-state index contributed by atoms with van der Waals surface area (Å²) in [5.74, 6) is 0. The van der Waals surface area contributed by atoms with Gasteiger partial charge in [-0.3, -0.25) is 0 Å². The maximum absolute atomic E-state index is 12.6. The lowest BCUT2D eigenvalue weighted by Crippen LogP contribution is -2.31. The highest BCUT2D eigenvalue weighted by atomic mass is 35.5. The first-order valence-electron chi connectivity index (χ1n) is 6.55. The summed E-state index contributed by atoms with van der Waals surface area (Å²) in [7, 11) is -3.28. The average molecular weight is 287 g/mol. The summed E-state index contributed by atoms with van der Waals surface area (Å²) in [6.07, 6.45) is 5.77. The van der Waals surface area contributed by atoms with Crippen LogP contribution in [-0.4, -0.2) is 19.0 Å². The molecule has 0 aromatic heterocycles. The lowest BCUT2D eigenvalue weighted by Gasteiger charge is -2.24. The molecule has 0 saturated heterocycles. The third-order valence-corrected chi connectivity index (χ3v) is 6.55. The van der Waals surface area contributed by atoms with E-state index in [1.165, 1.54) is 6.42 Å². The molecule has 2 atom stereocenters. The molecule has 1 aromatic rings. The second-order valence-corrected chi connectivity index (χ2v) is 7.63. The Morgan fingerprint density at radius 1 is 0.944 bits per heavy atom. The van der Waals surface area contributed by atoms with E-state index in [4.69, 9.17) is 11.6 Å².